The maximum absolute atomic E-state index is 11.3. The smallest absolute Gasteiger partial charge is 0.397 e. The lowest BCUT2D eigenvalue weighted by Crippen LogP contribution is -2.67. The van der Waals surface area contributed by atoms with E-state index in [1.54, 1.807) is 0 Å². The zero-order chi connectivity index (χ0) is 23.7. The Labute approximate surface area is 174 Å². The average Bonchev–Trinajstić information content (AvgIpc) is 2.64. The van der Waals surface area contributed by atoms with E-state index in [0.717, 1.165) is 6.92 Å². The molecule has 0 aromatic heterocycles. The minimum Gasteiger partial charge on any atom is -0.479 e. The number of aliphatic hydroxyl groups is 5. The van der Waals surface area contributed by atoms with Crippen LogP contribution in [0.15, 0.2) is 0 Å². The van der Waals surface area contributed by atoms with E-state index in [4.69, 9.17) is 23.9 Å². The SMILES string of the molecule is CC(=O)NC1C(O)OC(CO)C(OC2OC(C(=O)O)C(O)C(O)C2OS(=O)(=O)O)C1O. The molecule has 2 aliphatic heterocycles. The van der Waals surface area contributed by atoms with Crippen molar-refractivity contribution < 1.29 is 71.6 Å². The van der Waals surface area contributed by atoms with Crippen molar-refractivity contribution in [3.63, 3.8) is 0 Å². The average molecular weight is 477 g/mol. The Balaban J connectivity index is 2.35. The molecule has 31 heavy (non-hydrogen) atoms. The molecule has 2 saturated heterocycles. The van der Waals surface area contributed by atoms with Crippen molar-refractivity contribution in [3.8, 4) is 0 Å². The Bertz CT molecular complexity index is 761. The van der Waals surface area contributed by atoms with Gasteiger partial charge in [-0.25, -0.2) is 8.98 Å². The van der Waals surface area contributed by atoms with Crippen LogP contribution in [0, 0.1) is 0 Å². The van der Waals surface area contributed by atoms with Gasteiger partial charge >= 0.3 is 16.4 Å². The summed E-state index contributed by atoms with van der Waals surface area (Å²) in [7, 11) is -5.28. The highest BCUT2D eigenvalue weighted by Gasteiger charge is 2.54. The Morgan fingerprint density at radius 2 is 1.65 bits per heavy atom. The van der Waals surface area contributed by atoms with E-state index in [1.807, 2.05) is 0 Å². The number of carboxylic acids is 1. The summed E-state index contributed by atoms with van der Waals surface area (Å²) in [6.07, 6.45) is -17.8. The lowest BCUT2D eigenvalue weighted by molar-refractivity contribution is -0.337. The molecule has 0 saturated carbocycles. The van der Waals surface area contributed by atoms with E-state index in [-0.39, 0.29) is 0 Å². The molecule has 0 aliphatic carbocycles. The number of rotatable bonds is 7. The molecule has 0 spiro atoms. The van der Waals surface area contributed by atoms with Gasteiger partial charge in [0.05, 0.1) is 6.61 Å². The largest absolute Gasteiger partial charge is 0.479 e. The van der Waals surface area contributed by atoms with Crippen LogP contribution in [0.25, 0.3) is 0 Å². The quantitative estimate of drug-likeness (QED) is 0.159. The van der Waals surface area contributed by atoms with Gasteiger partial charge in [0.2, 0.25) is 5.91 Å². The Kier molecular flexibility index (Phi) is 8.27. The second-order valence-electron chi connectivity index (χ2n) is 6.80. The zero-order valence-electron chi connectivity index (χ0n) is 15.8. The summed E-state index contributed by atoms with van der Waals surface area (Å²) in [5, 5.41) is 61.2. The Hall–Kier alpha value is -1.51. The van der Waals surface area contributed by atoms with Crippen molar-refractivity contribution in [2.45, 2.75) is 68.3 Å². The summed E-state index contributed by atoms with van der Waals surface area (Å²) in [6.45, 7) is 0.179. The maximum atomic E-state index is 11.3. The third kappa shape index (κ3) is 6.05. The van der Waals surface area contributed by atoms with Gasteiger partial charge in [0, 0.05) is 6.92 Å². The normalized spacial score (nSPS) is 41.5. The molecule has 2 fully saturated rings. The number of ether oxygens (including phenoxy) is 3. The lowest BCUT2D eigenvalue weighted by Gasteiger charge is -2.46. The zero-order valence-corrected chi connectivity index (χ0v) is 16.6. The molecule has 0 radical (unpaired) electrons. The topological polar surface area (TPSA) is 259 Å². The molecule has 1 amide bonds. The molecule has 17 heteroatoms. The van der Waals surface area contributed by atoms with Crippen LogP contribution < -0.4 is 5.32 Å². The molecule has 0 aromatic rings. The number of carbonyl (C=O) groups excluding carboxylic acids is 1. The first-order valence-electron chi connectivity index (χ1n) is 8.72. The first-order valence-corrected chi connectivity index (χ1v) is 10.1. The first-order chi connectivity index (χ1) is 14.3. The fraction of sp³-hybridized carbons (Fsp3) is 0.857. The van der Waals surface area contributed by atoms with Gasteiger partial charge < -0.3 is 50.2 Å². The summed E-state index contributed by atoms with van der Waals surface area (Å²) in [5.41, 5.74) is 0. The molecule has 2 rings (SSSR count). The maximum Gasteiger partial charge on any atom is 0.397 e. The lowest BCUT2D eigenvalue weighted by atomic mass is 9.95. The monoisotopic (exact) mass is 477 g/mol. The molecule has 0 aromatic carbocycles. The highest BCUT2D eigenvalue weighted by molar-refractivity contribution is 7.80. The van der Waals surface area contributed by atoms with Gasteiger partial charge in [-0.3, -0.25) is 9.35 Å². The van der Waals surface area contributed by atoms with Crippen molar-refractivity contribution in [1.29, 1.82) is 0 Å². The molecular formula is C14H23NO15S. The molecular weight excluding hydrogens is 454 g/mol. The standard InChI is InChI=1S/C14H23NO15S/c1-3(17)15-5-6(18)9(4(2-16)27-13(5)23)28-14-11(30-31(24,25)26)8(20)7(19)10(29-14)12(21)22/h4-11,13-14,16,18-20,23H,2H2,1H3,(H,15,17)(H,21,22)(H,24,25,26). The first kappa shape index (κ1) is 25.7. The number of carbonyl (C=O) groups is 2. The molecule has 2 aliphatic rings. The summed E-state index contributed by atoms with van der Waals surface area (Å²) in [6, 6.07) is -1.50. The van der Waals surface area contributed by atoms with Gasteiger partial charge in [0.15, 0.2) is 24.8 Å². The molecule has 2 heterocycles. The molecule has 8 N–H and O–H groups in total. The van der Waals surface area contributed by atoms with Crippen molar-refractivity contribution in [3.05, 3.63) is 0 Å². The van der Waals surface area contributed by atoms with Gasteiger partial charge in [-0.15, -0.1) is 0 Å². The number of nitrogens with one attached hydrogen (secondary N) is 1. The van der Waals surface area contributed by atoms with Crippen molar-refractivity contribution in [2.24, 2.45) is 0 Å². The Morgan fingerprint density at radius 1 is 1.03 bits per heavy atom. The van der Waals surface area contributed by atoms with E-state index in [0.29, 0.717) is 0 Å². The molecule has 10 atom stereocenters. The van der Waals surface area contributed by atoms with E-state index >= 15 is 0 Å². The van der Waals surface area contributed by atoms with E-state index < -0.39 is 90.2 Å². The van der Waals surface area contributed by atoms with Crippen LogP contribution in [0.4, 0.5) is 0 Å². The summed E-state index contributed by atoms with van der Waals surface area (Å²) in [5.74, 6) is -2.48. The number of hydrogen-bond acceptors (Lipinski definition) is 13. The van der Waals surface area contributed by atoms with Crippen LogP contribution in [-0.2, 0) is 38.4 Å². The van der Waals surface area contributed by atoms with Gasteiger partial charge in [0.1, 0.15) is 36.6 Å². The second kappa shape index (κ2) is 9.96. The second-order valence-corrected chi connectivity index (χ2v) is 7.85. The molecule has 0 bridgehead atoms. The van der Waals surface area contributed by atoms with Gasteiger partial charge in [-0.1, -0.05) is 0 Å². The third-order valence-electron chi connectivity index (χ3n) is 4.56. The predicted molar refractivity (Wildman–Crippen MR) is 91.2 cm³/mol. The summed E-state index contributed by atoms with van der Waals surface area (Å²) < 4.78 is 50.7. The van der Waals surface area contributed by atoms with Gasteiger partial charge in [-0.05, 0) is 0 Å². The van der Waals surface area contributed by atoms with Crippen LogP contribution in [-0.4, -0.2) is 123 Å². The number of aliphatic carboxylic acids is 1. The minimum absolute atomic E-state index is 0.695. The van der Waals surface area contributed by atoms with Gasteiger partial charge in [0.25, 0.3) is 0 Å². The molecule has 180 valence electrons. The predicted octanol–water partition coefficient (Wildman–Crippen LogP) is -5.33. The number of hydrogen-bond donors (Lipinski definition) is 8. The fourth-order valence-corrected chi connectivity index (χ4v) is 3.67. The van der Waals surface area contributed by atoms with E-state index in [1.165, 1.54) is 0 Å². The highest BCUT2D eigenvalue weighted by atomic mass is 32.3. The highest BCUT2D eigenvalue weighted by Crippen LogP contribution is 2.30. The van der Waals surface area contributed by atoms with E-state index in [9.17, 15) is 43.5 Å². The van der Waals surface area contributed by atoms with Gasteiger partial charge in [-0.2, -0.15) is 8.42 Å². The van der Waals surface area contributed by atoms with Crippen LogP contribution in [0.5, 0.6) is 0 Å². The van der Waals surface area contributed by atoms with Crippen LogP contribution >= 0.6 is 0 Å². The van der Waals surface area contributed by atoms with Crippen LogP contribution in [0.1, 0.15) is 6.92 Å². The Morgan fingerprint density at radius 3 is 2.13 bits per heavy atom. The summed E-state index contributed by atoms with van der Waals surface area (Å²) in [4.78, 5) is 22.6. The van der Waals surface area contributed by atoms with Crippen molar-refractivity contribution in [2.75, 3.05) is 6.61 Å². The summed E-state index contributed by atoms with van der Waals surface area (Å²) >= 11 is 0. The minimum atomic E-state index is -5.28. The van der Waals surface area contributed by atoms with Crippen LogP contribution in [0.3, 0.4) is 0 Å². The molecule has 10 unspecified atom stereocenters. The van der Waals surface area contributed by atoms with Crippen molar-refractivity contribution >= 4 is 22.3 Å². The third-order valence-corrected chi connectivity index (χ3v) is 5.02. The number of carboxylic acid groups (broad SMARTS) is 1. The number of aliphatic hydroxyl groups excluding tert-OH is 5. The molecule has 16 nitrogen and oxygen atoms in total. The fourth-order valence-electron chi connectivity index (χ4n) is 3.19. The van der Waals surface area contributed by atoms with E-state index in [2.05, 4.69) is 9.50 Å². The van der Waals surface area contributed by atoms with Crippen LogP contribution in [0.2, 0.25) is 0 Å². The number of amides is 1. The van der Waals surface area contributed by atoms with Crippen molar-refractivity contribution in [1.82, 2.24) is 5.32 Å².